The van der Waals surface area contributed by atoms with E-state index >= 15 is 0 Å². The van der Waals surface area contributed by atoms with Gasteiger partial charge < -0.3 is 24.2 Å². The summed E-state index contributed by atoms with van der Waals surface area (Å²) in [7, 11) is 0. The molecule has 0 radical (unpaired) electrons. The second kappa shape index (κ2) is 14.8. The molecular formula is C37H45N3O5. The molecule has 1 atom stereocenters. The molecule has 1 amide bonds. The molecule has 1 unspecified atom stereocenters. The highest BCUT2D eigenvalue weighted by molar-refractivity contribution is 6.00. The van der Waals surface area contributed by atoms with Gasteiger partial charge in [-0.2, -0.15) is 5.10 Å². The van der Waals surface area contributed by atoms with E-state index in [1.54, 1.807) is 0 Å². The van der Waals surface area contributed by atoms with Gasteiger partial charge in [-0.1, -0.05) is 55.5 Å². The van der Waals surface area contributed by atoms with Crippen molar-refractivity contribution in [3.63, 3.8) is 0 Å². The lowest BCUT2D eigenvalue weighted by Crippen LogP contribution is -2.40. The van der Waals surface area contributed by atoms with Gasteiger partial charge in [0.05, 0.1) is 24.9 Å². The van der Waals surface area contributed by atoms with E-state index in [9.17, 15) is 9.90 Å². The number of rotatable bonds is 11. The summed E-state index contributed by atoms with van der Waals surface area (Å²) in [5.41, 5.74) is 6.28. The first-order chi connectivity index (χ1) is 21.8. The SMILES string of the molecule is CC/C(=C(/c1ccc(OCCN(CCO)C(=O)OC(C)(C)C)cc1)c1ccc2c(cnn2C2CCCCO2)c1)c1ccccc1. The molecule has 238 valence electrons. The molecule has 3 aromatic carbocycles. The highest BCUT2D eigenvalue weighted by atomic mass is 16.6. The van der Waals surface area contributed by atoms with Crippen molar-refractivity contribution in [1.82, 2.24) is 14.7 Å². The molecule has 1 aliphatic heterocycles. The quantitative estimate of drug-likeness (QED) is 0.175. The number of allylic oxidation sites excluding steroid dienone is 1. The first kappa shape index (κ1) is 32.3. The molecule has 1 aliphatic rings. The molecule has 4 aromatic rings. The average Bonchev–Trinajstić information content (AvgIpc) is 3.47. The lowest BCUT2D eigenvalue weighted by atomic mass is 9.88. The number of hydrogen-bond acceptors (Lipinski definition) is 6. The molecule has 2 heterocycles. The van der Waals surface area contributed by atoms with Crippen LogP contribution in [0.15, 0.2) is 79.0 Å². The Balaban J connectivity index is 1.41. The minimum absolute atomic E-state index is 0.0139. The van der Waals surface area contributed by atoms with Crippen LogP contribution < -0.4 is 4.74 Å². The molecule has 1 aromatic heterocycles. The van der Waals surface area contributed by atoms with Crippen LogP contribution in [-0.2, 0) is 9.47 Å². The zero-order valence-corrected chi connectivity index (χ0v) is 26.9. The van der Waals surface area contributed by atoms with Crippen molar-refractivity contribution in [2.75, 3.05) is 32.9 Å². The number of amides is 1. The normalized spacial score (nSPS) is 15.9. The number of aromatic nitrogens is 2. The maximum Gasteiger partial charge on any atom is 0.410 e. The van der Waals surface area contributed by atoms with Crippen molar-refractivity contribution in [3.05, 3.63) is 95.7 Å². The van der Waals surface area contributed by atoms with E-state index in [1.807, 2.05) is 49.8 Å². The van der Waals surface area contributed by atoms with Gasteiger partial charge in [-0.15, -0.1) is 0 Å². The molecule has 45 heavy (non-hydrogen) atoms. The van der Waals surface area contributed by atoms with Crippen LogP contribution in [0.3, 0.4) is 0 Å². The fraction of sp³-hybridized carbons (Fsp3) is 0.405. The third-order valence-corrected chi connectivity index (χ3v) is 7.88. The Labute approximate surface area is 266 Å². The first-order valence-electron chi connectivity index (χ1n) is 16.0. The van der Waals surface area contributed by atoms with Crippen molar-refractivity contribution >= 4 is 28.1 Å². The summed E-state index contributed by atoms with van der Waals surface area (Å²) in [4.78, 5) is 14.0. The third-order valence-electron chi connectivity index (χ3n) is 7.88. The van der Waals surface area contributed by atoms with Gasteiger partial charge in [0.2, 0.25) is 0 Å². The summed E-state index contributed by atoms with van der Waals surface area (Å²) in [6.07, 6.45) is 5.55. The molecule has 0 aliphatic carbocycles. The monoisotopic (exact) mass is 611 g/mol. The fourth-order valence-corrected chi connectivity index (χ4v) is 5.77. The van der Waals surface area contributed by atoms with Gasteiger partial charge in [0.15, 0.2) is 6.23 Å². The number of ether oxygens (including phenoxy) is 3. The van der Waals surface area contributed by atoms with Crippen LogP contribution in [0.5, 0.6) is 5.75 Å². The Kier molecular flexibility index (Phi) is 10.6. The highest BCUT2D eigenvalue weighted by Crippen LogP contribution is 2.37. The molecule has 0 bridgehead atoms. The molecule has 0 saturated carbocycles. The Bertz CT molecular complexity index is 1580. The Morgan fingerprint density at radius 2 is 1.76 bits per heavy atom. The lowest BCUT2D eigenvalue weighted by molar-refractivity contribution is -0.0366. The molecular weight excluding hydrogens is 566 g/mol. The number of fused-ring (bicyclic) bond motifs is 1. The van der Waals surface area contributed by atoms with Crippen LogP contribution in [0.1, 0.15) is 76.3 Å². The summed E-state index contributed by atoms with van der Waals surface area (Å²) in [5.74, 6) is 0.702. The van der Waals surface area contributed by atoms with Crippen molar-refractivity contribution in [2.45, 2.75) is 65.2 Å². The summed E-state index contributed by atoms with van der Waals surface area (Å²) in [6, 6.07) is 25.2. The summed E-state index contributed by atoms with van der Waals surface area (Å²) in [5, 5.41) is 15.2. The molecule has 8 nitrogen and oxygen atoms in total. The predicted molar refractivity (Wildman–Crippen MR) is 178 cm³/mol. The fourth-order valence-electron chi connectivity index (χ4n) is 5.77. The van der Waals surface area contributed by atoms with Crippen LogP contribution in [0.4, 0.5) is 4.79 Å². The third kappa shape index (κ3) is 8.12. The van der Waals surface area contributed by atoms with E-state index in [1.165, 1.54) is 16.0 Å². The lowest BCUT2D eigenvalue weighted by Gasteiger charge is -2.27. The molecule has 1 N–H and O–H groups in total. The molecule has 1 saturated heterocycles. The average molecular weight is 612 g/mol. The number of aliphatic hydroxyl groups excluding tert-OH is 1. The Morgan fingerprint density at radius 1 is 1.00 bits per heavy atom. The van der Waals surface area contributed by atoms with Gasteiger partial charge >= 0.3 is 6.09 Å². The van der Waals surface area contributed by atoms with Crippen LogP contribution >= 0.6 is 0 Å². The minimum atomic E-state index is -0.612. The molecule has 8 heteroatoms. The van der Waals surface area contributed by atoms with Gasteiger partial charge in [-0.05, 0) is 98.6 Å². The van der Waals surface area contributed by atoms with Gasteiger partial charge in [0.1, 0.15) is 18.0 Å². The Hall–Kier alpha value is -4.14. The van der Waals surface area contributed by atoms with Gasteiger partial charge in [0, 0.05) is 18.5 Å². The predicted octanol–water partition coefficient (Wildman–Crippen LogP) is 7.71. The largest absolute Gasteiger partial charge is 0.492 e. The van der Waals surface area contributed by atoms with E-state index in [0.29, 0.717) is 12.3 Å². The molecule has 0 spiro atoms. The number of nitrogens with zero attached hydrogens (tertiary/aromatic N) is 3. The smallest absolute Gasteiger partial charge is 0.410 e. The standard InChI is InChI=1S/C37H45N3O5/c1-5-32(27-11-7-6-8-12-27)35(29-16-19-33-30(25-29)26-38-40(33)34-13-9-10-23-44-34)28-14-17-31(18-15-28)43-24-21-39(20-22-41)36(42)45-37(2,3)4/h6-8,11-12,14-19,25-26,34,41H,5,9-10,13,20-24H2,1-4H3/b35-32+. The van der Waals surface area contributed by atoms with Gasteiger partial charge in [-0.3, -0.25) is 0 Å². The zero-order chi connectivity index (χ0) is 31.8. The number of carbonyl (C=O) groups excluding carboxylic acids is 1. The maximum absolute atomic E-state index is 12.5. The van der Waals surface area contributed by atoms with Gasteiger partial charge in [-0.25, -0.2) is 9.48 Å². The second-order valence-electron chi connectivity index (χ2n) is 12.3. The number of carbonyl (C=O) groups is 1. The van der Waals surface area contributed by atoms with Crippen LogP contribution in [0, 0.1) is 0 Å². The van der Waals surface area contributed by atoms with Crippen molar-refractivity contribution < 1.29 is 24.1 Å². The number of hydrogen-bond donors (Lipinski definition) is 1. The van der Waals surface area contributed by atoms with Crippen LogP contribution in [0.25, 0.3) is 22.0 Å². The first-order valence-corrected chi connectivity index (χ1v) is 16.0. The topological polar surface area (TPSA) is 86.0 Å². The molecule has 5 rings (SSSR count). The Morgan fingerprint density at radius 3 is 2.42 bits per heavy atom. The number of aliphatic hydroxyl groups is 1. The van der Waals surface area contributed by atoms with E-state index in [4.69, 9.17) is 19.3 Å². The van der Waals surface area contributed by atoms with Crippen molar-refractivity contribution in [2.24, 2.45) is 0 Å². The highest BCUT2D eigenvalue weighted by Gasteiger charge is 2.22. The zero-order valence-electron chi connectivity index (χ0n) is 26.9. The summed E-state index contributed by atoms with van der Waals surface area (Å²) < 4.78 is 19.5. The van der Waals surface area contributed by atoms with E-state index in [0.717, 1.165) is 59.9 Å². The van der Waals surface area contributed by atoms with E-state index in [2.05, 4.69) is 61.5 Å². The number of benzene rings is 3. The summed E-state index contributed by atoms with van der Waals surface area (Å²) >= 11 is 0. The van der Waals surface area contributed by atoms with Crippen LogP contribution in [0.2, 0.25) is 0 Å². The van der Waals surface area contributed by atoms with E-state index in [-0.39, 0.29) is 26.0 Å². The summed E-state index contributed by atoms with van der Waals surface area (Å²) in [6.45, 7) is 9.05. The van der Waals surface area contributed by atoms with Crippen LogP contribution in [-0.4, -0.2) is 64.4 Å². The molecule has 1 fully saturated rings. The minimum Gasteiger partial charge on any atom is -0.492 e. The van der Waals surface area contributed by atoms with Gasteiger partial charge in [0.25, 0.3) is 0 Å². The van der Waals surface area contributed by atoms with Crippen molar-refractivity contribution in [3.8, 4) is 5.75 Å². The van der Waals surface area contributed by atoms with E-state index < -0.39 is 11.7 Å². The second-order valence-corrected chi connectivity index (χ2v) is 12.3. The maximum atomic E-state index is 12.5. The van der Waals surface area contributed by atoms with Crippen molar-refractivity contribution in [1.29, 1.82) is 0 Å².